The Labute approximate surface area is 171 Å². The third-order valence-corrected chi connectivity index (χ3v) is 4.70. The van der Waals surface area contributed by atoms with Crippen molar-refractivity contribution < 1.29 is 19.1 Å². The lowest BCUT2D eigenvalue weighted by molar-refractivity contribution is 0.0604. The third-order valence-electron chi connectivity index (χ3n) is 4.70. The maximum absolute atomic E-state index is 10.9. The van der Waals surface area contributed by atoms with Gasteiger partial charge in [0.1, 0.15) is 30.5 Å². The van der Waals surface area contributed by atoms with Gasteiger partial charge < -0.3 is 14.3 Å². The van der Waals surface area contributed by atoms with Crippen LogP contribution in [-0.4, -0.2) is 35.5 Å². The Morgan fingerprint density at radius 1 is 1.07 bits per heavy atom. The van der Waals surface area contributed by atoms with Crippen molar-refractivity contribution in [2.24, 2.45) is 0 Å². The van der Waals surface area contributed by atoms with Crippen LogP contribution >= 0.6 is 0 Å². The van der Waals surface area contributed by atoms with E-state index in [9.17, 15) is 9.90 Å². The highest BCUT2D eigenvalue weighted by Gasteiger charge is 2.15. The highest BCUT2D eigenvalue weighted by molar-refractivity contribution is 5.75. The zero-order valence-electron chi connectivity index (χ0n) is 16.7. The van der Waals surface area contributed by atoms with Gasteiger partial charge in [0.15, 0.2) is 0 Å². The minimum Gasteiger partial charge on any atom is -0.491 e. The number of rotatable bonds is 11. The van der Waals surface area contributed by atoms with Crippen molar-refractivity contribution >= 4 is 6.29 Å². The molecule has 0 aliphatic heterocycles. The standard InChI is InChI=1S/C24H27NO4/c1-2-19-8-10-20(11-9-19)14-25(16-24-7-4-12-28-24)15-22(27)18-29-23-6-3-5-21(13-23)17-26/h3-13,17,22,27H,2,14-16,18H2,1H3. The molecule has 0 fully saturated rings. The molecule has 3 aromatic rings. The molecule has 3 rings (SSSR count). The Morgan fingerprint density at radius 3 is 2.55 bits per heavy atom. The molecule has 1 atom stereocenters. The first-order valence-corrected chi connectivity index (χ1v) is 9.85. The number of aryl methyl sites for hydroxylation is 1. The van der Waals surface area contributed by atoms with Crippen LogP contribution < -0.4 is 4.74 Å². The lowest BCUT2D eigenvalue weighted by Gasteiger charge is -2.24. The van der Waals surface area contributed by atoms with Crippen LogP contribution in [0.3, 0.4) is 0 Å². The Balaban J connectivity index is 1.60. The van der Waals surface area contributed by atoms with Gasteiger partial charge >= 0.3 is 0 Å². The van der Waals surface area contributed by atoms with E-state index in [-0.39, 0.29) is 6.61 Å². The van der Waals surface area contributed by atoms with Gasteiger partial charge in [0, 0.05) is 18.7 Å². The van der Waals surface area contributed by atoms with Crippen molar-refractivity contribution in [1.82, 2.24) is 4.90 Å². The number of nitrogens with zero attached hydrogens (tertiary/aromatic N) is 1. The number of hydrogen-bond donors (Lipinski definition) is 1. The molecular formula is C24H27NO4. The molecule has 0 spiro atoms. The number of aliphatic hydroxyl groups excluding tert-OH is 1. The van der Waals surface area contributed by atoms with Crippen LogP contribution in [0, 0.1) is 0 Å². The molecular weight excluding hydrogens is 366 g/mol. The molecule has 5 nitrogen and oxygen atoms in total. The van der Waals surface area contributed by atoms with Crippen molar-refractivity contribution in [3.63, 3.8) is 0 Å². The molecule has 0 amide bonds. The monoisotopic (exact) mass is 393 g/mol. The predicted octanol–water partition coefficient (Wildman–Crippen LogP) is 4.10. The molecule has 152 valence electrons. The first kappa shape index (κ1) is 20.8. The molecule has 2 aromatic carbocycles. The van der Waals surface area contributed by atoms with Crippen LogP contribution in [0.25, 0.3) is 0 Å². The van der Waals surface area contributed by atoms with Crippen LogP contribution in [0.15, 0.2) is 71.3 Å². The molecule has 0 radical (unpaired) electrons. The van der Waals surface area contributed by atoms with E-state index in [2.05, 4.69) is 36.1 Å². The summed E-state index contributed by atoms with van der Waals surface area (Å²) < 4.78 is 11.2. The van der Waals surface area contributed by atoms with E-state index in [4.69, 9.17) is 9.15 Å². The van der Waals surface area contributed by atoms with E-state index < -0.39 is 6.10 Å². The summed E-state index contributed by atoms with van der Waals surface area (Å²) in [4.78, 5) is 13.0. The lowest BCUT2D eigenvalue weighted by atomic mass is 10.1. The summed E-state index contributed by atoms with van der Waals surface area (Å²) in [6.07, 6.45) is 2.76. The third kappa shape index (κ3) is 6.59. The highest BCUT2D eigenvalue weighted by atomic mass is 16.5. The van der Waals surface area contributed by atoms with Crippen molar-refractivity contribution in [3.8, 4) is 5.75 Å². The smallest absolute Gasteiger partial charge is 0.150 e. The Morgan fingerprint density at radius 2 is 1.86 bits per heavy atom. The molecule has 5 heteroatoms. The summed E-state index contributed by atoms with van der Waals surface area (Å²) >= 11 is 0. The molecule has 1 heterocycles. The number of ether oxygens (including phenoxy) is 1. The number of carbonyl (C=O) groups is 1. The van der Waals surface area contributed by atoms with Gasteiger partial charge in [-0.1, -0.05) is 43.3 Å². The largest absolute Gasteiger partial charge is 0.491 e. The van der Waals surface area contributed by atoms with E-state index in [0.29, 0.717) is 30.9 Å². The number of furan rings is 1. The summed E-state index contributed by atoms with van der Waals surface area (Å²) in [5.41, 5.74) is 3.03. The van der Waals surface area contributed by atoms with Crippen molar-refractivity contribution in [1.29, 1.82) is 0 Å². The maximum Gasteiger partial charge on any atom is 0.150 e. The zero-order valence-corrected chi connectivity index (χ0v) is 16.7. The summed E-state index contributed by atoms with van der Waals surface area (Å²) in [6, 6.07) is 19.2. The second kappa shape index (κ2) is 10.6. The molecule has 0 aliphatic rings. The summed E-state index contributed by atoms with van der Waals surface area (Å²) in [7, 11) is 0. The average Bonchev–Trinajstić information content (AvgIpc) is 3.26. The van der Waals surface area contributed by atoms with Gasteiger partial charge in [-0.25, -0.2) is 0 Å². The molecule has 1 aromatic heterocycles. The Kier molecular flexibility index (Phi) is 7.61. The van der Waals surface area contributed by atoms with Gasteiger partial charge in [-0.05, 0) is 41.8 Å². The lowest BCUT2D eigenvalue weighted by Crippen LogP contribution is -2.35. The average molecular weight is 393 g/mol. The van der Waals surface area contributed by atoms with E-state index in [1.54, 1.807) is 30.5 Å². The van der Waals surface area contributed by atoms with Crippen molar-refractivity contribution in [2.45, 2.75) is 32.5 Å². The highest BCUT2D eigenvalue weighted by Crippen LogP contribution is 2.15. The van der Waals surface area contributed by atoms with E-state index in [1.165, 1.54) is 11.1 Å². The number of hydrogen-bond acceptors (Lipinski definition) is 5. The number of carbonyl (C=O) groups excluding carboxylic acids is 1. The molecule has 0 saturated heterocycles. The molecule has 1 unspecified atom stereocenters. The van der Waals surface area contributed by atoms with Gasteiger partial charge in [-0.2, -0.15) is 0 Å². The van der Waals surface area contributed by atoms with Gasteiger partial charge in [0.05, 0.1) is 12.8 Å². The zero-order chi connectivity index (χ0) is 20.5. The normalized spacial score (nSPS) is 12.1. The summed E-state index contributed by atoms with van der Waals surface area (Å²) in [5.74, 6) is 1.42. The van der Waals surface area contributed by atoms with Gasteiger partial charge in [0.2, 0.25) is 0 Å². The first-order valence-electron chi connectivity index (χ1n) is 9.85. The molecule has 0 saturated carbocycles. The van der Waals surface area contributed by atoms with E-state index in [1.807, 2.05) is 12.1 Å². The number of aliphatic hydroxyl groups is 1. The molecule has 1 N–H and O–H groups in total. The fraction of sp³-hybridized carbons (Fsp3) is 0.292. The fourth-order valence-corrected chi connectivity index (χ4v) is 3.17. The van der Waals surface area contributed by atoms with Gasteiger partial charge in [-0.3, -0.25) is 9.69 Å². The van der Waals surface area contributed by atoms with Crippen molar-refractivity contribution in [3.05, 3.63) is 89.4 Å². The first-order chi connectivity index (χ1) is 14.2. The fourth-order valence-electron chi connectivity index (χ4n) is 3.17. The SMILES string of the molecule is CCc1ccc(CN(Cc2ccco2)CC(O)COc2cccc(C=O)c2)cc1. The quantitative estimate of drug-likeness (QED) is 0.497. The summed E-state index contributed by atoms with van der Waals surface area (Å²) in [5, 5.41) is 10.5. The van der Waals surface area contributed by atoms with Crippen molar-refractivity contribution in [2.75, 3.05) is 13.2 Å². The minimum atomic E-state index is -0.681. The van der Waals surface area contributed by atoms with Crippen LogP contribution in [0.5, 0.6) is 5.75 Å². The second-order valence-electron chi connectivity index (χ2n) is 7.07. The van der Waals surface area contributed by atoms with Gasteiger partial charge in [0.25, 0.3) is 0 Å². The van der Waals surface area contributed by atoms with E-state index in [0.717, 1.165) is 18.5 Å². The Bertz CT molecular complexity index is 874. The van der Waals surface area contributed by atoms with Crippen LogP contribution in [0.2, 0.25) is 0 Å². The Hall–Kier alpha value is -2.89. The maximum atomic E-state index is 10.9. The van der Waals surface area contributed by atoms with Crippen LogP contribution in [0.1, 0.15) is 34.2 Å². The molecule has 0 aliphatic carbocycles. The topological polar surface area (TPSA) is 62.9 Å². The molecule has 29 heavy (non-hydrogen) atoms. The number of benzene rings is 2. The second-order valence-corrected chi connectivity index (χ2v) is 7.07. The van der Waals surface area contributed by atoms with Crippen LogP contribution in [-0.2, 0) is 19.5 Å². The minimum absolute atomic E-state index is 0.145. The summed E-state index contributed by atoms with van der Waals surface area (Å²) in [6.45, 7) is 4.01. The van der Waals surface area contributed by atoms with E-state index >= 15 is 0 Å². The predicted molar refractivity (Wildman–Crippen MR) is 112 cm³/mol. The molecule has 0 bridgehead atoms. The van der Waals surface area contributed by atoms with Crippen LogP contribution in [0.4, 0.5) is 0 Å². The number of aldehydes is 1. The van der Waals surface area contributed by atoms with Gasteiger partial charge in [-0.15, -0.1) is 0 Å².